The van der Waals surface area contributed by atoms with E-state index < -0.39 is 11.2 Å². The van der Waals surface area contributed by atoms with Crippen molar-refractivity contribution in [1.29, 1.82) is 0 Å². The summed E-state index contributed by atoms with van der Waals surface area (Å²) in [5, 5.41) is 0.338. The van der Waals surface area contributed by atoms with E-state index in [0.29, 0.717) is 10.9 Å². The number of ether oxygens (including phenoxy) is 1. The molecule has 1 fully saturated rings. The van der Waals surface area contributed by atoms with Gasteiger partial charge in [-0.3, -0.25) is 4.90 Å². The highest BCUT2D eigenvalue weighted by molar-refractivity contribution is 7.90. The molecule has 0 aromatic carbocycles. The van der Waals surface area contributed by atoms with Crippen molar-refractivity contribution < 1.29 is 9.29 Å². The van der Waals surface area contributed by atoms with E-state index in [2.05, 4.69) is 24.4 Å². The first-order chi connectivity index (χ1) is 11.2. The third-order valence-electron chi connectivity index (χ3n) is 3.81. The van der Waals surface area contributed by atoms with E-state index in [1.807, 2.05) is 6.20 Å². The Morgan fingerprint density at radius 3 is 2.83 bits per heavy atom. The van der Waals surface area contributed by atoms with Crippen LogP contribution in [0.15, 0.2) is 29.8 Å². The zero-order valence-corrected chi connectivity index (χ0v) is 14.0. The topological polar surface area (TPSA) is 79.1 Å². The summed E-state index contributed by atoms with van der Waals surface area (Å²) in [5.41, 5.74) is 0.710. The predicted octanol–water partition coefficient (Wildman–Crippen LogP) is 0.800. The highest BCUT2D eigenvalue weighted by Gasteiger charge is 2.14. The van der Waals surface area contributed by atoms with E-state index >= 15 is 0 Å². The van der Waals surface area contributed by atoms with E-state index in [1.54, 1.807) is 24.7 Å². The summed E-state index contributed by atoms with van der Waals surface area (Å²) in [6.45, 7) is 5.60. The van der Waals surface area contributed by atoms with Crippen molar-refractivity contribution in [2.45, 2.75) is 18.1 Å². The van der Waals surface area contributed by atoms with Gasteiger partial charge in [-0.1, -0.05) is 0 Å². The highest BCUT2D eigenvalue weighted by atomic mass is 32.2. The lowest BCUT2D eigenvalue weighted by Gasteiger charge is -2.26. The smallest absolute Gasteiger partial charge is 0.343 e. The summed E-state index contributed by atoms with van der Waals surface area (Å²) in [4.78, 5) is 15.2. The molecule has 0 N–H and O–H groups in total. The van der Waals surface area contributed by atoms with Crippen LogP contribution in [0.5, 0.6) is 0 Å². The van der Waals surface area contributed by atoms with Crippen molar-refractivity contribution in [2.24, 2.45) is 0 Å². The number of morpholine rings is 1. The van der Waals surface area contributed by atoms with Gasteiger partial charge < -0.3 is 13.9 Å². The Balaban J connectivity index is 1.63. The number of hydrogen-bond acceptors (Lipinski definition) is 6. The van der Waals surface area contributed by atoms with Gasteiger partial charge in [0.1, 0.15) is 11.9 Å². The van der Waals surface area contributed by atoms with Crippen LogP contribution >= 0.6 is 0 Å². The molecule has 1 aliphatic rings. The molecule has 1 saturated heterocycles. The van der Waals surface area contributed by atoms with Crippen molar-refractivity contribution in [1.82, 2.24) is 24.4 Å². The van der Waals surface area contributed by atoms with Gasteiger partial charge in [-0.05, 0) is 12.5 Å². The van der Waals surface area contributed by atoms with E-state index in [4.69, 9.17) is 4.74 Å². The van der Waals surface area contributed by atoms with Crippen LogP contribution in [0, 0.1) is 0 Å². The second kappa shape index (κ2) is 7.87. The molecule has 8 heteroatoms. The molecular formula is C15H21N5O2S. The first kappa shape index (κ1) is 16.4. The van der Waals surface area contributed by atoms with Crippen LogP contribution in [-0.4, -0.2) is 68.1 Å². The van der Waals surface area contributed by atoms with Crippen LogP contribution in [0.1, 0.15) is 6.42 Å². The first-order valence-electron chi connectivity index (χ1n) is 7.72. The highest BCUT2D eigenvalue weighted by Crippen LogP contribution is 2.16. The van der Waals surface area contributed by atoms with Gasteiger partial charge in [0.25, 0.3) is 0 Å². The van der Waals surface area contributed by atoms with Gasteiger partial charge in [-0.2, -0.15) is 9.97 Å². The van der Waals surface area contributed by atoms with Gasteiger partial charge in [-0.15, -0.1) is 0 Å². The number of imidazole rings is 1. The average Bonchev–Trinajstić information content (AvgIpc) is 3.04. The van der Waals surface area contributed by atoms with Crippen LogP contribution in [-0.2, 0) is 22.5 Å². The zero-order valence-electron chi connectivity index (χ0n) is 13.2. The maximum Gasteiger partial charge on any atom is 0.343 e. The third kappa shape index (κ3) is 4.29. The minimum atomic E-state index is -1.19. The molecule has 3 heterocycles. The Morgan fingerprint density at radius 1 is 1.22 bits per heavy atom. The average molecular weight is 335 g/mol. The van der Waals surface area contributed by atoms with Crippen LogP contribution in [0.25, 0.3) is 11.5 Å². The molecule has 3 rings (SSSR count). The van der Waals surface area contributed by atoms with Gasteiger partial charge >= 0.3 is 5.16 Å². The van der Waals surface area contributed by atoms with Crippen LogP contribution in [0.4, 0.5) is 0 Å². The van der Waals surface area contributed by atoms with E-state index in [0.717, 1.165) is 51.6 Å². The number of hydrogen-bond donors (Lipinski definition) is 0. The molecule has 0 amide bonds. The first-order valence-corrected chi connectivity index (χ1v) is 9.28. The van der Waals surface area contributed by atoms with Crippen LogP contribution in [0.3, 0.4) is 0 Å². The Hall–Kier alpha value is -1.48. The molecule has 124 valence electrons. The van der Waals surface area contributed by atoms with Gasteiger partial charge in [0.15, 0.2) is 5.82 Å². The van der Waals surface area contributed by atoms with Gasteiger partial charge in [0.2, 0.25) is 0 Å². The number of aryl methyl sites for hydroxylation is 1. The Kier molecular flexibility index (Phi) is 5.60. The standard InChI is InChI=1S/C15H21N5O2S/c1-23(21)15-17-4-3-13(18-15)14-16-5-8-20(14)7-2-6-19-9-11-22-12-10-19/h3-5,8H,2,6-7,9-12H2,1H3. The minimum Gasteiger partial charge on any atom is -0.609 e. The molecule has 0 bridgehead atoms. The molecule has 0 radical (unpaired) electrons. The summed E-state index contributed by atoms with van der Waals surface area (Å²) >= 11 is -1.19. The quantitative estimate of drug-likeness (QED) is 0.574. The Morgan fingerprint density at radius 2 is 2.04 bits per heavy atom. The maximum absolute atomic E-state index is 11.5. The second-order valence-electron chi connectivity index (χ2n) is 5.43. The Labute approximate surface area is 138 Å². The van der Waals surface area contributed by atoms with Crippen molar-refractivity contribution in [3.63, 3.8) is 0 Å². The van der Waals surface area contributed by atoms with E-state index in [1.165, 1.54) is 0 Å². The molecule has 23 heavy (non-hydrogen) atoms. The fourth-order valence-electron chi connectivity index (χ4n) is 2.62. The van der Waals surface area contributed by atoms with Crippen molar-refractivity contribution >= 4 is 11.2 Å². The minimum absolute atomic E-state index is 0.338. The third-order valence-corrected chi connectivity index (χ3v) is 4.52. The fourth-order valence-corrected chi connectivity index (χ4v) is 3.05. The van der Waals surface area contributed by atoms with Crippen molar-refractivity contribution in [3.05, 3.63) is 24.7 Å². The molecule has 2 aromatic heterocycles. The number of nitrogens with zero attached hydrogens (tertiary/aromatic N) is 5. The van der Waals surface area contributed by atoms with E-state index in [-0.39, 0.29) is 0 Å². The number of aromatic nitrogens is 4. The summed E-state index contributed by atoms with van der Waals surface area (Å²) in [6.07, 6.45) is 7.98. The SMILES string of the molecule is C[S+]([O-])c1nccc(-c2nccn2CCCN2CCOCC2)n1. The molecule has 0 aliphatic carbocycles. The van der Waals surface area contributed by atoms with Gasteiger partial charge in [0.05, 0.1) is 13.2 Å². The lowest BCUT2D eigenvalue weighted by molar-refractivity contribution is 0.0369. The lowest BCUT2D eigenvalue weighted by atomic mass is 10.3. The normalized spacial score (nSPS) is 17.3. The molecule has 0 spiro atoms. The van der Waals surface area contributed by atoms with Crippen LogP contribution < -0.4 is 0 Å². The largest absolute Gasteiger partial charge is 0.609 e. The molecule has 1 atom stereocenters. The zero-order chi connectivity index (χ0) is 16.1. The molecule has 2 aromatic rings. The lowest BCUT2D eigenvalue weighted by Crippen LogP contribution is -2.37. The molecule has 7 nitrogen and oxygen atoms in total. The number of rotatable bonds is 6. The van der Waals surface area contributed by atoms with Gasteiger partial charge in [0, 0.05) is 55.9 Å². The van der Waals surface area contributed by atoms with Gasteiger partial charge in [-0.25, -0.2) is 4.98 Å². The van der Waals surface area contributed by atoms with Crippen LogP contribution in [0.2, 0.25) is 0 Å². The molecular weight excluding hydrogens is 314 g/mol. The fraction of sp³-hybridized carbons (Fsp3) is 0.533. The van der Waals surface area contributed by atoms with E-state index in [9.17, 15) is 4.55 Å². The molecule has 0 saturated carbocycles. The maximum atomic E-state index is 11.5. The summed E-state index contributed by atoms with van der Waals surface area (Å²) in [7, 11) is 0. The monoisotopic (exact) mass is 335 g/mol. The Bertz CT molecular complexity index is 628. The summed E-state index contributed by atoms with van der Waals surface area (Å²) < 4.78 is 19.0. The summed E-state index contributed by atoms with van der Waals surface area (Å²) in [5.74, 6) is 0.793. The second-order valence-corrected chi connectivity index (χ2v) is 6.70. The molecule has 1 aliphatic heterocycles. The summed E-state index contributed by atoms with van der Waals surface area (Å²) in [6, 6.07) is 1.80. The van der Waals surface area contributed by atoms with Crippen molar-refractivity contribution in [3.8, 4) is 11.5 Å². The van der Waals surface area contributed by atoms with Crippen molar-refractivity contribution in [2.75, 3.05) is 39.1 Å². The predicted molar refractivity (Wildman–Crippen MR) is 87.5 cm³/mol. The molecule has 1 unspecified atom stereocenters.